The highest BCUT2D eigenvalue weighted by Crippen LogP contribution is 2.31. The Morgan fingerprint density at radius 1 is 1.39 bits per heavy atom. The van der Waals surface area contributed by atoms with E-state index in [1.54, 1.807) is 0 Å². The highest BCUT2D eigenvalue weighted by molar-refractivity contribution is 5.88. The fourth-order valence-corrected chi connectivity index (χ4v) is 2.20. The minimum Gasteiger partial charge on any atom is -0.384 e. The molecule has 3 heteroatoms. The summed E-state index contributed by atoms with van der Waals surface area (Å²) in [6, 6.07) is 8.04. The van der Waals surface area contributed by atoms with Crippen LogP contribution in [-0.4, -0.2) is 19.0 Å². The van der Waals surface area contributed by atoms with E-state index in [2.05, 4.69) is 31.4 Å². The molecule has 3 nitrogen and oxygen atoms in total. The number of para-hydroxylation sites is 1. The van der Waals surface area contributed by atoms with E-state index in [0.29, 0.717) is 6.54 Å². The molecule has 1 aliphatic heterocycles. The van der Waals surface area contributed by atoms with E-state index < -0.39 is 0 Å². The molecule has 1 heterocycles. The Kier molecular flexibility index (Phi) is 3.60. The number of nitrogens with one attached hydrogen (secondary N) is 2. The van der Waals surface area contributed by atoms with Gasteiger partial charge in [0.05, 0.1) is 5.92 Å². The van der Waals surface area contributed by atoms with E-state index in [4.69, 9.17) is 0 Å². The number of amides is 1. The van der Waals surface area contributed by atoms with Crippen molar-refractivity contribution in [2.75, 3.05) is 18.4 Å². The first-order valence-corrected chi connectivity index (χ1v) is 6.58. The maximum Gasteiger partial charge on any atom is 0.229 e. The van der Waals surface area contributed by atoms with Crippen molar-refractivity contribution in [3.63, 3.8) is 0 Å². The summed E-state index contributed by atoms with van der Waals surface area (Å²) in [5.74, 6) is 0.0952. The Morgan fingerprint density at radius 3 is 2.83 bits per heavy atom. The van der Waals surface area contributed by atoms with Crippen LogP contribution in [0.15, 0.2) is 24.3 Å². The molecule has 1 aliphatic rings. The minimum atomic E-state index is -0.0406. The van der Waals surface area contributed by atoms with Crippen LogP contribution in [0.2, 0.25) is 0 Å². The SMILES string of the molecule is CC(C)(C)CCNC(=O)C1CNc2ccccc21. The van der Waals surface area contributed by atoms with Crippen molar-refractivity contribution < 1.29 is 4.79 Å². The minimum absolute atomic E-state index is 0.0406. The summed E-state index contributed by atoms with van der Waals surface area (Å²) < 4.78 is 0. The third kappa shape index (κ3) is 3.03. The maximum absolute atomic E-state index is 12.1. The van der Waals surface area contributed by atoms with E-state index >= 15 is 0 Å². The van der Waals surface area contributed by atoms with E-state index in [1.807, 2.05) is 24.3 Å². The third-order valence-corrected chi connectivity index (χ3v) is 3.32. The average molecular weight is 246 g/mol. The molecule has 98 valence electrons. The first-order valence-electron chi connectivity index (χ1n) is 6.58. The zero-order valence-corrected chi connectivity index (χ0v) is 11.4. The lowest BCUT2D eigenvalue weighted by Crippen LogP contribution is -2.32. The number of anilines is 1. The van der Waals surface area contributed by atoms with Gasteiger partial charge in [-0.1, -0.05) is 39.0 Å². The van der Waals surface area contributed by atoms with E-state index in [0.717, 1.165) is 24.2 Å². The van der Waals surface area contributed by atoms with Crippen LogP contribution >= 0.6 is 0 Å². The molecule has 0 saturated carbocycles. The van der Waals surface area contributed by atoms with Gasteiger partial charge in [-0.3, -0.25) is 4.79 Å². The van der Waals surface area contributed by atoms with Crippen molar-refractivity contribution in [2.24, 2.45) is 5.41 Å². The van der Waals surface area contributed by atoms with Gasteiger partial charge in [0, 0.05) is 18.8 Å². The van der Waals surface area contributed by atoms with Gasteiger partial charge >= 0.3 is 0 Å². The molecule has 18 heavy (non-hydrogen) atoms. The molecular formula is C15H22N2O. The van der Waals surface area contributed by atoms with Gasteiger partial charge in [-0.05, 0) is 23.5 Å². The van der Waals surface area contributed by atoms with Crippen LogP contribution in [-0.2, 0) is 4.79 Å². The summed E-state index contributed by atoms with van der Waals surface area (Å²) in [5.41, 5.74) is 2.47. The monoisotopic (exact) mass is 246 g/mol. The van der Waals surface area contributed by atoms with Crippen LogP contribution in [0.4, 0.5) is 5.69 Å². The zero-order valence-electron chi connectivity index (χ0n) is 11.4. The highest BCUT2D eigenvalue weighted by Gasteiger charge is 2.27. The summed E-state index contributed by atoms with van der Waals surface area (Å²) in [6.45, 7) is 8.02. The van der Waals surface area contributed by atoms with E-state index in [9.17, 15) is 4.79 Å². The number of carbonyl (C=O) groups excluding carboxylic acids is 1. The molecule has 1 unspecified atom stereocenters. The predicted octanol–water partition coefficient (Wildman–Crippen LogP) is 2.75. The van der Waals surface area contributed by atoms with Crippen LogP contribution in [0.5, 0.6) is 0 Å². The number of hydrogen-bond donors (Lipinski definition) is 2. The number of rotatable bonds is 3. The summed E-state index contributed by atoms with van der Waals surface area (Å²) in [4.78, 5) is 12.1. The predicted molar refractivity (Wildman–Crippen MR) is 74.8 cm³/mol. The Bertz CT molecular complexity index is 434. The molecule has 1 amide bonds. The normalized spacial score (nSPS) is 18.1. The largest absolute Gasteiger partial charge is 0.384 e. The van der Waals surface area contributed by atoms with Gasteiger partial charge in [-0.25, -0.2) is 0 Å². The number of fused-ring (bicyclic) bond motifs is 1. The van der Waals surface area contributed by atoms with Gasteiger partial charge in [-0.2, -0.15) is 0 Å². The van der Waals surface area contributed by atoms with Gasteiger partial charge < -0.3 is 10.6 Å². The van der Waals surface area contributed by atoms with Gasteiger partial charge in [0.1, 0.15) is 0 Å². The molecule has 2 N–H and O–H groups in total. The van der Waals surface area contributed by atoms with Crippen LogP contribution in [0.25, 0.3) is 0 Å². The summed E-state index contributed by atoms with van der Waals surface area (Å²) >= 11 is 0. The Hall–Kier alpha value is -1.51. The summed E-state index contributed by atoms with van der Waals surface area (Å²) in [5, 5.41) is 6.32. The molecular weight excluding hydrogens is 224 g/mol. The van der Waals surface area contributed by atoms with Crippen molar-refractivity contribution in [1.82, 2.24) is 5.32 Å². The molecule has 2 rings (SSSR count). The Balaban J connectivity index is 1.92. The van der Waals surface area contributed by atoms with Gasteiger partial charge in [0.25, 0.3) is 0 Å². The number of benzene rings is 1. The molecule has 0 bridgehead atoms. The van der Waals surface area contributed by atoms with Gasteiger partial charge in [0.2, 0.25) is 5.91 Å². The van der Waals surface area contributed by atoms with Crippen LogP contribution < -0.4 is 10.6 Å². The van der Waals surface area contributed by atoms with Gasteiger partial charge in [0.15, 0.2) is 0 Å². The molecule has 0 aliphatic carbocycles. The van der Waals surface area contributed by atoms with E-state index in [-0.39, 0.29) is 17.2 Å². The lowest BCUT2D eigenvalue weighted by molar-refractivity contribution is -0.122. The van der Waals surface area contributed by atoms with Crippen LogP contribution in [0, 0.1) is 5.41 Å². The van der Waals surface area contributed by atoms with Crippen LogP contribution in [0.1, 0.15) is 38.7 Å². The zero-order chi connectivity index (χ0) is 13.2. The lowest BCUT2D eigenvalue weighted by atomic mass is 9.92. The van der Waals surface area contributed by atoms with Gasteiger partial charge in [-0.15, -0.1) is 0 Å². The van der Waals surface area contributed by atoms with Crippen molar-refractivity contribution in [3.8, 4) is 0 Å². The van der Waals surface area contributed by atoms with E-state index in [1.165, 1.54) is 0 Å². The summed E-state index contributed by atoms with van der Waals surface area (Å²) in [7, 11) is 0. The molecule has 0 radical (unpaired) electrons. The fraction of sp³-hybridized carbons (Fsp3) is 0.533. The second-order valence-corrected chi connectivity index (χ2v) is 6.12. The fourth-order valence-electron chi connectivity index (χ4n) is 2.20. The molecule has 1 aromatic rings. The molecule has 1 atom stereocenters. The highest BCUT2D eigenvalue weighted by atomic mass is 16.1. The molecule has 0 saturated heterocycles. The quantitative estimate of drug-likeness (QED) is 0.861. The average Bonchev–Trinajstić information content (AvgIpc) is 2.70. The van der Waals surface area contributed by atoms with Crippen molar-refractivity contribution >= 4 is 11.6 Å². The standard InChI is InChI=1S/C15H22N2O/c1-15(2,3)8-9-16-14(18)12-10-17-13-7-5-4-6-11(12)13/h4-7,12,17H,8-10H2,1-3H3,(H,16,18). The number of hydrogen-bond acceptors (Lipinski definition) is 2. The third-order valence-electron chi connectivity index (χ3n) is 3.32. The second kappa shape index (κ2) is 5.01. The number of carbonyl (C=O) groups is 1. The molecule has 0 spiro atoms. The molecule has 0 fully saturated rings. The van der Waals surface area contributed by atoms with Crippen molar-refractivity contribution in [2.45, 2.75) is 33.1 Å². The molecule has 1 aromatic carbocycles. The smallest absolute Gasteiger partial charge is 0.229 e. The Morgan fingerprint density at radius 2 is 2.11 bits per heavy atom. The lowest BCUT2D eigenvalue weighted by Gasteiger charge is -2.19. The first-order chi connectivity index (χ1) is 8.47. The molecule has 0 aromatic heterocycles. The first kappa shape index (κ1) is 12.9. The second-order valence-electron chi connectivity index (χ2n) is 6.12. The maximum atomic E-state index is 12.1. The summed E-state index contributed by atoms with van der Waals surface area (Å²) in [6.07, 6.45) is 1.00. The van der Waals surface area contributed by atoms with Crippen LogP contribution in [0.3, 0.4) is 0 Å². The Labute approximate surface area is 109 Å². The van der Waals surface area contributed by atoms with Crippen molar-refractivity contribution in [3.05, 3.63) is 29.8 Å². The van der Waals surface area contributed by atoms with Crippen molar-refractivity contribution in [1.29, 1.82) is 0 Å². The topological polar surface area (TPSA) is 41.1 Å².